The second-order valence-corrected chi connectivity index (χ2v) is 11.2. The summed E-state index contributed by atoms with van der Waals surface area (Å²) in [5.41, 5.74) is 4.87. The van der Waals surface area contributed by atoms with E-state index < -0.39 is 5.41 Å². The molecule has 7 heteroatoms. The molecule has 218 valence electrons. The van der Waals surface area contributed by atoms with Gasteiger partial charge in [0.05, 0.1) is 5.41 Å². The molecule has 0 radical (unpaired) electrons. The number of nitrogens with one attached hydrogen (secondary N) is 1. The second-order valence-electron chi connectivity index (χ2n) is 11.2. The van der Waals surface area contributed by atoms with Gasteiger partial charge in [-0.1, -0.05) is 51.1 Å². The van der Waals surface area contributed by atoms with Crippen molar-refractivity contribution in [2.45, 2.75) is 54.0 Å². The Hall–Kier alpha value is -3.97. The van der Waals surface area contributed by atoms with Crippen molar-refractivity contribution in [2.75, 3.05) is 26.7 Å². The van der Waals surface area contributed by atoms with Gasteiger partial charge in [0, 0.05) is 12.6 Å². The van der Waals surface area contributed by atoms with E-state index in [4.69, 9.17) is 23.7 Å². The lowest BCUT2D eigenvalue weighted by Gasteiger charge is -2.18. The van der Waals surface area contributed by atoms with Crippen molar-refractivity contribution in [3.63, 3.8) is 0 Å². The molecule has 0 saturated carbocycles. The quantitative estimate of drug-likeness (QED) is 0.110. The van der Waals surface area contributed by atoms with Crippen LogP contribution in [0.4, 0.5) is 0 Å². The number of hydrogen-bond acceptors (Lipinski definition) is 7. The molecule has 0 spiro atoms. The third-order valence-electron chi connectivity index (χ3n) is 6.61. The first kappa shape index (κ1) is 30.0. The summed E-state index contributed by atoms with van der Waals surface area (Å²) in [5, 5.41) is 3.37. The van der Waals surface area contributed by atoms with Crippen LogP contribution in [-0.4, -0.2) is 38.7 Å². The predicted molar refractivity (Wildman–Crippen MR) is 161 cm³/mol. The molecule has 0 fully saturated rings. The SMILES string of the molecule is CCC(=C(c1ccc(OCCNC(C)C)cc1)c1ccc(OCOC(=O)C(C)(C)C)cc1)c1ccc2c(c1)OCO2. The Morgan fingerprint density at radius 1 is 0.854 bits per heavy atom. The van der Waals surface area contributed by atoms with Gasteiger partial charge in [-0.15, -0.1) is 0 Å². The highest BCUT2D eigenvalue weighted by atomic mass is 16.7. The number of carbonyl (C=O) groups is 1. The van der Waals surface area contributed by atoms with Gasteiger partial charge in [-0.25, -0.2) is 0 Å². The van der Waals surface area contributed by atoms with E-state index in [2.05, 4.69) is 44.3 Å². The van der Waals surface area contributed by atoms with Crippen LogP contribution in [-0.2, 0) is 9.53 Å². The molecule has 0 bridgehead atoms. The van der Waals surface area contributed by atoms with E-state index in [-0.39, 0.29) is 19.6 Å². The Balaban J connectivity index is 1.62. The molecular formula is C34H41NO6. The van der Waals surface area contributed by atoms with Gasteiger partial charge >= 0.3 is 5.97 Å². The molecular weight excluding hydrogens is 518 g/mol. The fourth-order valence-electron chi connectivity index (χ4n) is 4.44. The Kier molecular flexibility index (Phi) is 9.95. The van der Waals surface area contributed by atoms with E-state index in [1.54, 1.807) is 0 Å². The lowest BCUT2D eigenvalue weighted by atomic mass is 9.88. The molecule has 1 aliphatic rings. The third-order valence-corrected chi connectivity index (χ3v) is 6.61. The summed E-state index contributed by atoms with van der Waals surface area (Å²) < 4.78 is 28.1. The Morgan fingerprint density at radius 3 is 2.02 bits per heavy atom. The van der Waals surface area contributed by atoms with Crippen molar-refractivity contribution in [1.29, 1.82) is 0 Å². The Bertz CT molecular complexity index is 1340. The molecule has 1 N–H and O–H groups in total. The van der Waals surface area contributed by atoms with Crippen LogP contribution in [0.5, 0.6) is 23.0 Å². The van der Waals surface area contributed by atoms with Crippen LogP contribution in [0.3, 0.4) is 0 Å². The average molecular weight is 560 g/mol. The van der Waals surface area contributed by atoms with Crippen molar-refractivity contribution in [3.05, 3.63) is 83.4 Å². The second kappa shape index (κ2) is 13.6. The van der Waals surface area contributed by atoms with Crippen LogP contribution in [0.2, 0.25) is 0 Å². The standard InChI is InChI=1S/C34H41NO6/c1-7-29(26-12-17-30-31(20-26)40-22-39-30)32(24-8-13-27(14-9-24)37-19-18-35-23(2)3)25-10-15-28(16-11-25)38-21-41-33(36)34(4,5)6/h8-17,20,23,35H,7,18-19,21-22H2,1-6H3. The molecule has 3 aromatic rings. The van der Waals surface area contributed by atoms with Gasteiger partial charge in [-0.05, 0) is 91.4 Å². The third kappa shape index (κ3) is 8.04. The molecule has 0 aliphatic carbocycles. The van der Waals surface area contributed by atoms with Crippen molar-refractivity contribution >= 4 is 17.1 Å². The number of benzene rings is 3. The van der Waals surface area contributed by atoms with Gasteiger partial charge in [0.2, 0.25) is 13.6 Å². The molecule has 3 aromatic carbocycles. The molecule has 4 rings (SSSR count). The zero-order valence-corrected chi connectivity index (χ0v) is 24.9. The lowest BCUT2D eigenvalue weighted by Crippen LogP contribution is -2.27. The number of ether oxygens (including phenoxy) is 5. The summed E-state index contributed by atoms with van der Waals surface area (Å²) in [7, 11) is 0. The maximum absolute atomic E-state index is 12.1. The molecule has 41 heavy (non-hydrogen) atoms. The molecule has 0 aromatic heterocycles. The van der Waals surface area contributed by atoms with Crippen LogP contribution in [0.15, 0.2) is 66.7 Å². The smallest absolute Gasteiger partial charge is 0.314 e. The molecule has 0 unspecified atom stereocenters. The van der Waals surface area contributed by atoms with Crippen LogP contribution in [0, 0.1) is 5.41 Å². The van der Waals surface area contributed by atoms with Crippen LogP contribution in [0.25, 0.3) is 11.1 Å². The summed E-state index contributed by atoms with van der Waals surface area (Å²) in [5.74, 6) is 2.65. The summed E-state index contributed by atoms with van der Waals surface area (Å²) in [6.45, 7) is 13.3. The first-order valence-corrected chi connectivity index (χ1v) is 14.2. The molecule has 1 aliphatic heterocycles. The topological polar surface area (TPSA) is 75.2 Å². The molecule has 7 nitrogen and oxygen atoms in total. The van der Waals surface area contributed by atoms with Crippen molar-refractivity contribution in [1.82, 2.24) is 5.32 Å². The van der Waals surface area contributed by atoms with Gasteiger partial charge in [0.25, 0.3) is 0 Å². The highest BCUT2D eigenvalue weighted by molar-refractivity contribution is 5.99. The van der Waals surface area contributed by atoms with Crippen LogP contribution < -0.4 is 24.3 Å². The molecule has 0 atom stereocenters. The van der Waals surface area contributed by atoms with E-state index in [9.17, 15) is 4.79 Å². The maximum Gasteiger partial charge on any atom is 0.314 e. The minimum atomic E-state index is -0.580. The first-order chi connectivity index (χ1) is 19.7. The van der Waals surface area contributed by atoms with Crippen molar-refractivity contribution < 1.29 is 28.5 Å². The molecule has 1 heterocycles. The van der Waals surface area contributed by atoms with Crippen molar-refractivity contribution in [3.8, 4) is 23.0 Å². The number of allylic oxidation sites excluding steroid dienone is 1. The summed E-state index contributed by atoms with van der Waals surface area (Å²) in [4.78, 5) is 12.1. The Labute approximate surface area is 243 Å². The number of hydrogen-bond donors (Lipinski definition) is 1. The van der Waals surface area contributed by atoms with Gasteiger partial charge in [-0.2, -0.15) is 0 Å². The number of rotatable bonds is 12. The van der Waals surface area contributed by atoms with E-state index in [0.29, 0.717) is 18.4 Å². The van der Waals surface area contributed by atoms with Gasteiger partial charge in [0.1, 0.15) is 18.1 Å². The number of carbonyl (C=O) groups excluding carboxylic acids is 1. The van der Waals surface area contributed by atoms with E-state index in [0.717, 1.165) is 52.5 Å². The Morgan fingerprint density at radius 2 is 1.44 bits per heavy atom. The summed E-state index contributed by atoms with van der Waals surface area (Å²) >= 11 is 0. The van der Waals surface area contributed by atoms with Crippen LogP contribution >= 0.6 is 0 Å². The largest absolute Gasteiger partial charge is 0.492 e. The predicted octanol–water partition coefficient (Wildman–Crippen LogP) is 7.09. The zero-order valence-electron chi connectivity index (χ0n) is 24.9. The van der Waals surface area contributed by atoms with Crippen molar-refractivity contribution in [2.24, 2.45) is 5.41 Å². The monoisotopic (exact) mass is 559 g/mol. The van der Waals surface area contributed by atoms with Crippen LogP contribution in [0.1, 0.15) is 64.7 Å². The van der Waals surface area contributed by atoms with Gasteiger partial charge in [-0.3, -0.25) is 4.79 Å². The molecule has 0 amide bonds. The van der Waals surface area contributed by atoms with Gasteiger partial charge in [0.15, 0.2) is 11.5 Å². The van der Waals surface area contributed by atoms with Gasteiger partial charge < -0.3 is 29.0 Å². The van der Waals surface area contributed by atoms with E-state index >= 15 is 0 Å². The average Bonchev–Trinajstić information content (AvgIpc) is 3.42. The minimum Gasteiger partial charge on any atom is -0.492 e. The fourth-order valence-corrected chi connectivity index (χ4v) is 4.44. The number of fused-ring (bicyclic) bond motifs is 1. The van der Waals surface area contributed by atoms with E-state index in [1.165, 1.54) is 5.57 Å². The highest BCUT2D eigenvalue weighted by Crippen LogP contribution is 2.40. The fraction of sp³-hybridized carbons (Fsp3) is 0.382. The first-order valence-electron chi connectivity index (χ1n) is 14.2. The highest BCUT2D eigenvalue weighted by Gasteiger charge is 2.23. The summed E-state index contributed by atoms with van der Waals surface area (Å²) in [6.07, 6.45) is 0.801. The minimum absolute atomic E-state index is 0.135. The lowest BCUT2D eigenvalue weighted by molar-refractivity contribution is -0.159. The maximum atomic E-state index is 12.1. The van der Waals surface area contributed by atoms with E-state index in [1.807, 2.05) is 69.3 Å². The summed E-state index contributed by atoms with van der Waals surface area (Å²) in [6, 6.07) is 22.6. The normalized spacial score (nSPS) is 13.1. The number of esters is 1. The molecule has 0 saturated heterocycles. The zero-order chi connectivity index (χ0) is 29.4.